The number of hydrogen-bond acceptors (Lipinski definition) is 5. The number of thiazole rings is 1. The highest BCUT2D eigenvalue weighted by Gasteiger charge is 2.10. The van der Waals surface area contributed by atoms with Crippen LogP contribution in [0.3, 0.4) is 0 Å². The molecular weight excluding hydrogens is 304 g/mol. The van der Waals surface area contributed by atoms with Gasteiger partial charge in [0.2, 0.25) is 5.16 Å². The molecule has 108 valence electrons. The maximum absolute atomic E-state index is 11.5. The number of aromatic nitrogens is 4. The SMILES string of the molecule is C[S@](=O)c1nncn1Cc1csc(Cc2ccccc2)n1. The fourth-order valence-electron chi connectivity index (χ4n) is 2.02. The van der Waals surface area contributed by atoms with E-state index >= 15 is 0 Å². The van der Waals surface area contributed by atoms with Crippen molar-refractivity contribution in [2.24, 2.45) is 0 Å². The maximum atomic E-state index is 11.5. The molecule has 0 N–H and O–H groups in total. The molecule has 21 heavy (non-hydrogen) atoms. The van der Waals surface area contributed by atoms with Crippen LogP contribution in [0.2, 0.25) is 0 Å². The molecule has 1 aromatic carbocycles. The van der Waals surface area contributed by atoms with E-state index in [9.17, 15) is 4.21 Å². The fourth-order valence-corrected chi connectivity index (χ4v) is 3.45. The molecule has 0 saturated heterocycles. The Bertz CT molecular complexity index is 751. The largest absolute Gasteiger partial charge is 0.300 e. The van der Waals surface area contributed by atoms with E-state index in [1.54, 1.807) is 28.5 Å². The van der Waals surface area contributed by atoms with Gasteiger partial charge in [0.05, 0.1) is 28.0 Å². The minimum Gasteiger partial charge on any atom is -0.300 e. The predicted octanol–water partition coefficient (Wildman–Crippen LogP) is 2.11. The lowest BCUT2D eigenvalue weighted by Gasteiger charge is -2.01. The smallest absolute Gasteiger partial charge is 0.221 e. The Kier molecular flexibility index (Phi) is 4.21. The Labute approximate surface area is 129 Å². The fraction of sp³-hybridized carbons (Fsp3) is 0.214. The zero-order chi connectivity index (χ0) is 14.7. The van der Waals surface area contributed by atoms with Crippen molar-refractivity contribution in [2.75, 3.05) is 6.26 Å². The molecule has 0 radical (unpaired) electrons. The summed E-state index contributed by atoms with van der Waals surface area (Å²) in [5.41, 5.74) is 2.19. The highest BCUT2D eigenvalue weighted by Crippen LogP contribution is 2.16. The lowest BCUT2D eigenvalue weighted by molar-refractivity contribution is 0.649. The highest BCUT2D eigenvalue weighted by molar-refractivity contribution is 7.84. The average Bonchev–Trinajstić information content (AvgIpc) is 3.10. The Morgan fingerprint density at radius 3 is 2.86 bits per heavy atom. The van der Waals surface area contributed by atoms with Gasteiger partial charge in [0, 0.05) is 18.1 Å². The molecule has 1 atom stereocenters. The Balaban J connectivity index is 1.73. The molecule has 3 rings (SSSR count). The molecule has 2 aromatic heterocycles. The number of hydrogen-bond donors (Lipinski definition) is 0. The molecular formula is C14H14N4OS2. The van der Waals surface area contributed by atoms with Gasteiger partial charge in [0.1, 0.15) is 6.33 Å². The summed E-state index contributed by atoms with van der Waals surface area (Å²) in [5.74, 6) is 0. The summed E-state index contributed by atoms with van der Waals surface area (Å²) >= 11 is 1.64. The van der Waals surface area contributed by atoms with E-state index in [-0.39, 0.29) is 0 Å². The molecule has 0 fully saturated rings. The Hall–Kier alpha value is -1.86. The molecule has 0 unspecified atom stereocenters. The van der Waals surface area contributed by atoms with Crippen LogP contribution in [-0.4, -0.2) is 30.2 Å². The van der Waals surface area contributed by atoms with Crippen LogP contribution < -0.4 is 0 Å². The first-order chi connectivity index (χ1) is 10.2. The van der Waals surface area contributed by atoms with Gasteiger partial charge in [-0.15, -0.1) is 21.5 Å². The van der Waals surface area contributed by atoms with Crippen molar-refractivity contribution in [1.82, 2.24) is 19.7 Å². The summed E-state index contributed by atoms with van der Waals surface area (Å²) in [4.78, 5) is 4.62. The van der Waals surface area contributed by atoms with Crippen LogP contribution in [0.4, 0.5) is 0 Å². The summed E-state index contributed by atoms with van der Waals surface area (Å²) < 4.78 is 13.3. The lowest BCUT2D eigenvalue weighted by atomic mass is 10.2. The van der Waals surface area contributed by atoms with Crippen LogP contribution >= 0.6 is 11.3 Å². The van der Waals surface area contributed by atoms with Gasteiger partial charge in [0.15, 0.2) is 0 Å². The van der Waals surface area contributed by atoms with Gasteiger partial charge < -0.3 is 4.57 Å². The van der Waals surface area contributed by atoms with Crippen molar-refractivity contribution in [3.05, 3.63) is 58.3 Å². The maximum Gasteiger partial charge on any atom is 0.221 e. The molecule has 7 heteroatoms. The normalized spacial score (nSPS) is 12.4. The average molecular weight is 318 g/mol. The molecule has 0 spiro atoms. The first-order valence-corrected chi connectivity index (χ1v) is 8.84. The van der Waals surface area contributed by atoms with Crippen LogP contribution in [0.15, 0.2) is 47.2 Å². The molecule has 0 aliphatic rings. The van der Waals surface area contributed by atoms with E-state index in [4.69, 9.17) is 0 Å². The third-order valence-electron chi connectivity index (χ3n) is 2.97. The molecule has 0 aliphatic carbocycles. The van der Waals surface area contributed by atoms with Crippen LogP contribution in [0.5, 0.6) is 0 Å². The second kappa shape index (κ2) is 6.28. The van der Waals surface area contributed by atoms with Gasteiger partial charge in [-0.25, -0.2) is 4.98 Å². The Morgan fingerprint density at radius 2 is 2.10 bits per heavy atom. The van der Waals surface area contributed by atoms with Crippen molar-refractivity contribution >= 4 is 22.1 Å². The van der Waals surface area contributed by atoms with Gasteiger partial charge in [-0.1, -0.05) is 30.3 Å². The molecule has 0 aliphatic heterocycles. The molecule has 0 bridgehead atoms. The van der Waals surface area contributed by atoms with Gasteiger partial charge >= 0.3 is 0 Å². The number of nitrogens with zero attached hydrogens (tertiary/aromatic N) is 4. The zero-order valence-corrected chi connectivity index (χ0v) is 13.1. The molecule has 0 amide bonds. The third kappa shape index (κ3) is 3.43. The molecule has 0 saturated carbocycles. The highest BCUT2D eigenvalue weighted by atomic mass is 32.2. The predicted molar refractivity (Wildman–Crippen MR) is 82.8 cm³/mol. The van der Waals surface area contributed by atoms with E-state index in [1.165, 1.54) is 5.56 Å². The minimum absolute atomic E-state index is 0.479. The second-order valence-corrected chi connectivity index (χ2v) is 6.81. The van der Waals surface area contributed by atoms with Gasteiger partial charge in [-0.2, -0.15) is 0 Å². The van der Waals surface area contributed by atoms with Crippen molar-refractivity contribution < 1.29 is 4.21 Å². The second-order valence-electron chi connectivity index (χ2n) is 4.59. The zero-order valence-electron chi connectivity index (χ0n) is 11.5. The summed E-state index contributed by atoms with van der Waals surface area (Å²) in [6, 6.07) is 10.3. The van der Waals surface area contributed by atoms with Crippen molar-refractivity contribution in [2.45, 2.75) is 18.1 Å². The van der Waals surface area contributed by atoms with Crippen molar-refractivity contribution in [3.63, 3.8) is 0 Å². The third-order valence-corrected chi connectivity index (χ3v) is 4.69. The first kappa shape index (κ1) is 14.1. The van der Waals surface area contributed by atoms with Crippen LogP contribution in [0.1, 0.15) is 16.3 Å². The summed E-state index contributed by atoms with van der Waals surface area (Å²) in [7, 11) is -1.14. The van der Waals surface area contributed by atoms with E-state index < -0.39 is 10.8 Å². The number of benzene rings is 1. The van der Waals surface area contributed by atoms with Crippen molar-refractivity contribution in [1.29, 1.82) is 0 Å². The van der Waals surface area contributed by atoms with E-state index in [1.807, 2.05) is 23.6 Å². The van der Waals surface area contributed by atoms with Crippen LogP contribution in [-0.2, 0) is 23.8 Å². The van der Waals surface area contributed by atoms with E-state index in [0.717, 1.165) is 17.1 Å². The quantitative estimate of drug-likeness (QED) is 0.723. The van der Waals surface area contributed by atoms with Crippen LogP contribution in [0.25, 0.3) is 0 Å². The monoisotopic (exact) mass is 318 g/mol. The summed E-state index contributed by atoms with van der Waals surface area (Å²) in [6.45, 7) is 0.549. The van der Waals surface area contributed by atoms with Crippen molar-refractivity contribution in [3.8, 4) is 0 Å². The van der Waals surface area contributed by atoms with Crippen LogP contribution in [0, 0.1) is 0 Å². The summed E-state index contributed by atoms with van der Waals surface area (Å²) in [6.07, 6.45) is 4.02. The number of rotatable bonds is 5. The van der Waals surface area contributed by atoms with E-state index in [0.29, 0.717) is 11.7 Å². The standard InChI is InChI=1S/C14H14N4OS2/c1-21(19)14-17-15-10-18(14)8-12-9-20-13(16-12)7-11-5-3-2-4-6-11/h2-6,9-10H,7-8H2,1H3/t21-/m0/s1. The van der Waals surface area contributed by atoms with Gasteiger partial charge in [-0.05, 0) is 5.56 Å². The molecule has 3 aromatic rings. The minimum atomic E-state index is -1.14. The van der Waals surface area contributed by atoms with Gasteiger partial charge in [-0.3, -0.25) is 4.21 Å². The molecule has 5 nitrogen and oxygen atoms in total. The topological polar surface area (TPSA) is 60.7 Å². The van der Waals surface area contributed by atoms with Gasteiger partial charge in [0.25, 0.3) is 0 Å². The Morgan fingerprint density at radius 1 is 1.29 bits per heavy atom. The first-order valence-electron chi connectivity index (χ1n) is 6.41. The summed E-state index contributed by atoms with van der Waals surface area (Å²) in [5, 5.41) is 11.3. The lowest BCUT2D eigenvalue weighted by Crippen LogP contribution is -2.05. The molecule has 2 heterocycles. The van der Waals surface area contributed by atoms with E-state index in [2.05, 4.69) is 27.3 Å².